The van der Waals surface area contributed by atoms with Crippen LogP contribution in [-0.2, 0) is 0 Å². The van der Waals surface area contributed by atoms with Crippen LogP contribution in [0.25, 0.3) is 5.65 Å². The lowest BCUT2D eigenvalue weighted by Gasteiger charge is -1.86. The summed E-state index contributed by atoms with van der Waals surface area (Å²) < 4.78 is 6.35. The van der Waals surface area contributed by atoms with Gasteiger partial charge in [-0.2, -0.15) is 4.98 Å². The molecule has 0 aliphatic heterocycles. The molecule has 0 bridgehead atoms. The van der Waals surface area contributed by atoms with E-state index in [9.17, 15) is 0 Å². The average Bonchev–Trinajstić information content (AvgIpc) is 2.47. The molecule has 4 nitrogen and oxygen atoms in total. The lowest BCUT2D eigenvalue weighted by molar-refractivity contribution is 0.490. The van der Waals surface area contributed by atoms with E-state index in [1.807, 2.05) is 24.4 Å². The van der Waals surface area contributed by atoms with Crippen LogP contribution in [0.3, 0.4) is 0 Å². The molecule has 0 amide bonds. The lowest BCUT2D eigenvalue weighted by atomic mass is 10.5. The number of pyridine rings is 1. The molecule has 0 atom stereocenters. The van der Waals surface area contributed by atoms with Crippen LogP contribution in [-0.4, -0.2) is 9.38 Å². The number of hydrogen-bond donors (Lipinski definition) is 0. The molecule has 2 aromatic heterocycles. The summed E-state index contributed by atoms with van der Waals surface area (Å²) in [6.45, 7) is 0. The molecule has 0 aliphatic rings. The molecule has 0 aromatic carbocycles. The second-order valence-electron chi connectivity index (χ2n) is 2.24. The Hall–Kier alpha value is -2.02. The summed E-state index contributed by atoms with van der Waals surface area (Å²) >= 11 is 0. The minimum atomic E-state index is 0.323. The first-order valence-corrected chi connectivity index (χ1v) is 3.40. The smallest absolute Gasteiger partial charge is 0.293 e. The molecule has 0 spiro atoms. The highest BCUT2D eigenvalue weighted by atomic mass is 16.5. The van der Waals surface area contributed by atoms with Crippen molar-refractivity contribution in [3.8, 4) is 12.1 Å². The monoisotopic (exact) mass is 159 g/mol. The van der Waals surface area contributed by atoms with Crippen LogP contribution in [0.1, 0.15) is 0 Å². The number of rotatable bonds is 1. The highest BCUT2D eigenvalue weighted by Gasteiger charge is 1.99. The van der Waals surface area contributed by atoms with Gasteiger partial charge >= 0.3 is 0 Å². The summed E-state index contributed by atoms with van der Waals surface area (Å²) in [7, 11) is 0. The third kappa shape index (κ3) is 0.974. The Morgan fingerprint density at radius 3 is 3.17 bits per heavy atom. The highest BCUT2D eigenvalue weighted by Crippen LogP contribution is 2.10. The molecular weight excluding hydrogens is 154 g/mol. The van der Waals surface area contributed by atoms with Gasteiger partial charge in [-0.25, -0.2) is 0 Å². The molecule has 0 aliphatic carbocycles. The zero-order valence-electron chi connectivity index (χ0n) is 6.14. The van der Waals surface area contributed by atoms with Crippen molar-refractivity contribution < 1.29 is 4.74 Å². The molecule has 0 N–H and O–H groups in total. The van der Waals surface area contributed by atoms with Crippen molar-refractivity contribution in [3.05, 3.63) is 30.6 Å². The van der Waals surface area contributed by atoms with E-state index in [1.165, 1.54) is 0 Å². The lowest BCUT2D eigenvalue weighted by Crippen LogP contribution is -1.78. The number of fused-ring (bicyclic) bond motifs is 1. The van der Waals surface area contributed by atoms with Crippen molar-refractivity contribution in [1.29, 1.82) is 5.26 Å². The van der Waals surface area contributed by atoms with E-state index in [0.717, 1.165) is 5.65 Å². The number of aromatic nitrogens is 2. The van der Waals surface area contributed by atoms with Gasteiger partial charge < -0.3 is 9.14 Å². The maximum Gasteiger partial charge on any atom is 0.293 e. The topological polar surface area (TPSA) is 50.3 Å². The van der Waals surface area contributed by atoms with Crippen LogP contribution in [0.15, 0.2) is 30.6 Å². The predicted molar refractivity (Wildman–Crippen MR) is 41.4 cm³/mol. The fourth-order valence-corrected chi connectivity index (χ4v) is 1.01. The van der Waals surface area contributed by atoms with Crippen LogP contribution >= 0.6 is 0 Å². The summed E-state index contributed by atoms with van der Waals surface area (Å²) in [6, 6.07) is 5.59. The van der Waals surface area contributed by atoms with Crippen LogP contribution in [0.5, 0.6) is 5.88 Å². The first-order valence-electron chi connectivity index (χ1n) is 3.40. The summed E-state index contributed by atoms with van der Waals surface area (Å²) in [5.41, 5.74) is 0.766. The van der Waals surface area contributed by atoms with Gasteiger partial charge in [0.25, 0.3) is 12.1 Å². The molecule has 0 radical (unpaired) electrons. The molecule has 0 fully saturated rings. The van der Waals surface area contributed by atoms with E-state index >= 15 is 0 Å². The quantitative estimate of drug-likeness (QED) is 0.587. The minimum Gasteiger partial charge on any atom is -0.366 e. The molecule has 4 heteroatoms. The Bertz CT molecular complexity index is 408. The maximum absolute atomic E-state index is 8.22. The van der Waals surface area contributed by atoms with Gasteiger partial charge in [-0.1, -0.05) is 6.07 Å². The third-order valence-electron chi connectivity index (χ3n) is 1.49. The SMILES string of the molecule is N#COc1cn2ccccc2n1. The third-order valence-corrected chi connectivity index (χ3v) is 1.49. The van der Waals surface area contributed by atoms with Crippen LogP contribution in [0, 0.1) is 11.5 Å². The Kier molecular flexibility index (Phi) is 1.42. The van der Waals surface area contributed by atoms with Crippen LogP contribution < -0.4 is 4.74 Å². The summed E-state index contributed by atoms with van der Waals surface area (Å²) in [4.78, 5) is 4.02. The van der Waals surface area contributed by atoms with Gasteiger partial charge in [-0.15, -0.1) is 5.26 Å². The standard InChI is InChI=1S/C8H5N3O/c9-6-12-8-5-11-4-2-1-3-7(11)10-8/h1-5H. The Morgan fingerprint density at radius 1 is 1.50 bits per heavy atom. The predicted octanol–water partition coefficient (Wildman–Crippen LogP) is 1.19. The van der Waals surface area contributed by atoms with Gasteiger partial charge in [-0.3, -0.25) is 0 Å². The van der Waals surface area contributed by atoms with E-state index in [2.05, 4.69) is 9.72 Å². The van der Waals surface area contributed by atoms with Gasteiger partial charge in [0.1, 0.15) is 5.65 Å². The largest absolute Gasteiger partial charge is 0.366 e. The number of imidazole rings is 1. The Morgan fingerprint density at radius 2 is 2.42 bits per heavy atom. The van der Waals surface area contributed by atoms with Crippen molar-refractivity contribution in [2.24, 2.45) is 0 Å². The molecule has 2 heterocycles. The zero-order valence-corrected chi connectivity index (χ0v) is 6.14. The Labute approximate surface area is 68.6 Å². The molecule has 12 heavy (non-hydrogen) atoms. The first-order chi connectivity index (χ1) is 5.90. The van der Waals surface area contributed by atoms with E-state index in [-0.39, 0.29) is 0 Å². The van der Waals surface area contributed by atoms with Crippen molar-refractivity contribution in [1.82, 2.24) is 9.38 Å². The Balaban J connectivity index is 2.56. The molecule has 0 saturated carbocycles. The number of ether oxygens (including phenoxy) is 1. The van der Waals surface area contributed by atoms with Crippen molar-refractivity contribution >= 4 is 5.65 Å². The molecule has 2 aromatic rings. The second kappa shape index (κ2) is 2.55. The highest BCUT2D eigenvalue weighted by molar-refractivity contribution is 5.41. The molecule has 58 valence electrons. The average molecular weight is 159 g/mol. The van der Waals surface area contributed by atoms with Gasteiger partial charge in [-0.05, 0) is 12.1 Å². The van der Waals surface area contributed by atoms with E-state index in [0.29, 0.717) is 5.88 Å². The summed E-state index contributed by atoms with van der Waals surface area (Å²) in [5.74, 6) is 0.323. The molecule has 0 unspecified atom stereocenters. The minimum absolute atomic E-state index is 0.323. The molecule has 0 saturated heterocycles. The van der Waals surface area contributed by atoms with Gasteiger partial charge in [0.15, 0.2) is 0 Å². The van der Waals surface area contributed by atoms with E-state index < -0.39 is 0 Å². The van der Waals surface area contributed by atoms with Crippen molar-refractivity contribution in [3.63, 3.8) is 0 Å². The first kappa shape index (κ1) is 6.68. The van der Waals surface area contributed by atoms with Gasteiger partial charge in [0.2, 0.25) is 0 Å². The van der Waals surface area contributed by atoms with E-state index in [4.69, 9.17) is 5.26 Å². The second-order valence-corrected chi connectivity index (χ2v) is 2.24. The number of nitrogens with zero attached hydrogens (tertiary/aromatic N) is 3. The zero-order chi connectivity index (χ0) is 8.39. The fraction of sp³-hybridized carbons (Fsp3) is 0. The molecule has 2 rings (SSSR count). The van der Waals surface area contributed by atoms with Gasteiger partial charge in [0, 0.05) is 6.20 Å². The van der Waals surface area contributed by atoms with Crippen LogP contribution in [0.2, 0.25) is 0 Å². The maximum atomic E-state index is 8.22. The summed E-state index contributed by atoms with van der Waals surface area (Å²) in [6.07, 6.45) is 5.06. The number of hydrogen-bond acceptors (Lipinski definition) is 3. The number of nitriles is 1. The fourth-order valence-electron chi connectivity index (χ4n) is 1.01. The van der Waals surface area contributed by atoms with Crippen LogP contribution in [0.4, 0.5) is 0 Å². The van der Waals surface area contributed by atoms with E-state index in [1.54, 1.807) is 16.9 Å². The van der Waals surface area contributed by atoms with Crippen molar-refractivity contribution in [2.75, 3.05) is 0 Å². The van der Waals surface area contributed by atoms with Gasteiger partial charge in [0.05, 0.1) is 6.20 Å². The normalized spacial score (nSPS) is 9.58. The van der Waals surface area contributed by atoms with Crippen molar-refractivity contribution in [2.45, 2.75) is 0 Å². The summed E-state index contributed by atoms with van der Waals surface area (Å²) in [5, 5.41) is 8.22. The molecular formula is C8H5N3O.